The van der Waals surface area contributed by atoms with Gasteiger partial charge in [-0.15, -0.1) is 0 Å². The van der Waals surface area contributed by atoms with Crippen molar-refractivity contribution in [1.82, 2.24) is 4.90 Å². The number of allylic oxidation sites excluding steroid dienone is 1. The van der Waals surface area contributed by atoms with Crippen LogP contribution >= 0.6 is 0 Å². The van der Waals surface area contributed by atoms with E-state index < -0.39 is 5.82 Å². The van der Waals surface area contributed by atoms with E-state index in [0.29, 0.717) is 34.9 Å². The number of ether oxygens (including phenoxy) is 1. The number of hydrogen-bond donors (Lipinski definition) is 1. The van der Waals surface area contributed by atoms with Crippen LogP contribution in [0, 0.1) is 11.7 Å². The predicted molar refractivity (Wildman–Crippen MR) is 101 cm³/mol. The summed E-state index contributed by atoms with van der Waals surface area (Å²) in [6.45, 7) is 4.66. The van der Waals surface area contributed by atoms with E-state index in [1.54, 1.807) is 24.3 Å². The Kier molecular flexibility index (Phi) is 4.70. The number of carbonyl (C=O) groups is 1. The second-order valence-corrected chi connectivity index (χ2v) is 7.38. The van der Waals surface area contributed by atoms with E-state index in [4.69, 9.17) is 4.74 Å². The van der Waals surface area contributed by atoms with Gasteiger partial charge in [-0.3, -0.25) is 9.69 Å². The number of halogens is 1. The summed E-state index contributed by atoms with van der Waals surface area (Å²) in [6, 6.07) is 9.34. The molecule has 1 atom stereocenters. The van der Waals surface area contributed by atoms with Crippen LogP contribution in [0.1, 0.15) is 41.3 Å². The molecule has 27 heavy (non-hydrogen) atoms. The maximum atomic E-state index is 13.9. The van der Waals surface area contributed by atoms with Gasteiger partial charge in [0.25, 0.3) is 0 Å². The van der Waals surface area contributed by atoms with Gasteiger partial charge in [0, 0.05) is 18.7 Å². The molecule has 2 heterocycles. The van der Waals surface area contributed by atoms with Gasteiger partial charge in [-0.2, -0.15) is 0 Å². The fourth-order valence-corrected chi connectivity index (χ4v) is 3.84. The Balaban J connectivity index is 1.66. The van der Waals surface area contributed by atoms with Crippen LogP contribution in [0.15, 0.2) is 42.2 Å². The third kappa shape index (κ3) is 3.47. The number of carbonyl (C=O) groups excluding carboxylic acids is 1. The van der Waals surface area contributed by atoms with Gasteiger partial charge in [0.15, 0.2) is 5.76 Å². The van der Waals surface area contributed by atoms with E-state index in [9.17, 15) is 14.3 Å². The van der Waals surface area contributed by atoms with Crippen LogP contribution in [0.4, 0.5) is 4.39 Å². The number of fused-ring (bicyclic) bond motifs is 1. The van der Waals surface area contributed by atoms with Gasteiger partial charge >= 0.3 is 0 Å². The quantitative estimate of drug-likeness (QED) is 0.818. The van der Waals surface area contributed by atoms with Crippen molar-refractivity contribution < 1.29 is 19.0 Å². The molecule has 1 N–H and O–H groups in total. The van der Waals surface area contributed by atoms with Crippen molar-refractivity contribution in [2.45, 2.75) is 26.3 Å². The van der Waals surface area contributed by atoms with Crippen molar-refractivity contribution in [2.24, 2.45) is 5.92 Å². The summed E-state index contributed by atoms with van der Waals surface area (Å²) in [5.41, 5.74) is 1.33. The van der Waals surface area contributed by atoms with Crippen LogP contribution in [-0.2, 0) is 6.54 Å². The van der Waals surface area contributed by atoms with Crippen molar-refractivity contribution in [3.8, 4) is 11.5 Å². The number of hydrogen-bond acceptors (Lipinski definition) is 4. The Hall–Kier alpha value is -2.66. The summed E-state index contributed by atoms with van der Waals surface area (Å²) < 4.78 is 19.7. The Morgan fingerprint density at radius 1 is 1.30 bits per heavy atom. The fourth-order valence-electron chi connectivity index (χ4n) is 3.84. The van der Waals surface area contributed by atoms with Crippen LogP contribution in [0.25, 0.3) is 6.08 Å². The molecule has 1 fully saturated rings. The molecule has 4 rings (SSSR count). The summed E-state index contributed by atoms with van der Waals surface area (Å²) >= 11 is 0. The predicted octanol–water partition coefficient (Wildman–Crippen LogP) is 4.38. The second-order valence-electron chi connectivity index (χ2n) is 7.38. The molecule has 0 spiro atoms. The van der Waals surface area contributed by atoms with Gasteiger partial charge in [-0.05, 0) is 49.6 Å². The van der Waals surface area contributed by atoms with Gasteiger partial charge < -0.3 is 9.84 Å². The largest absolute Gasteiger partial charge is 0.507 e. The number of piperidine rings is 1. The lowest BCUT2D eigenvalue weighted by atomic mass is 9.99. The maximum Gasteiger partial charge on any atom is 0.231 e. The highest BCUT2D eigenvalue weighted by atomic mass is 19.1. The SMILES string of the molecule is C[C@H]1CCCN(Cc2c(O)ccc3c2O/C(=C\c2ccccc2F)C3=O)C1. The zero-order chi connectivity index (χ0) is 19.0. The highest BCUT2D eigenvalue weighted by Crippen LogP contribution is 2.40. The molecule has 1 saturated heterocycles. The van der Waals surface area contributed by atoms with E-state index in [2.05, 4.69) is 11.8 Å². The summed E-state index contributed by atoms with van der Waals surface area (Å²) in [5.74, 6) is 0.489. The smallest absolute Gasteiger partial charge is 0.231 e. The first-order valence-electron chi connectivity index (χ1n) is 9.29. The van der Waals surface area contributed by atoms with Gasteiger partial charge in [-0.25, -0.2) is 4.39 Å². The average molecular weight is 367 g/mol. The van der Waals surface area contributed by atoms with Crippen molar-refractivity contribution in [2.75, 3.05) is 13.1 Å². The average Bonchev–Trinajstić information content (AvgIpc) is 2.96. The number of phenols is 1. The molecule has 5 heteroatoms. The third-order valence-corrected chi connectivity index (χ3v) is 5.23. The molecular weight excluding hydrogens is 345 g/mol. The number of aromatic hydroxyl groups is 1. The highest BCUT2D eigenvalue weighted by molar-refractivity contribution is 6.15. The summed E-state index contributed by atoms with van der Waals surface area (Å²) in [6.07, 6.45) is 3.75. The van der Waals surface area contributed by atoms with E-state index in [1.165, 1.54) is 24.6 Å². The summed E-state index contributed by atoms with van der Waals surface area (Å²) in [5, 5.41) is 10.4. The molecule has 4 nitrogen and oxygen atoms in total. The Labute approximate surface area is 157 Å². The van der Waals surface area contributed by atoms with Crippen LogP contribution < -0.4 is 4.74 Å². The number of ketones is 1. The first kappa shape index (κ1) is 17.7. The molecule has 140 valence electrons. The van der Waals surface area contributed by atoms with Crippen molar-refractivity contribution >= 4 is 11.9 Å². The monoisotopic (exact) mass is 367 g/mol. The molecule has 0 amide bonds. The minimum atomic E-state index is -0.414. The van der Waals surface area contributed by atoms with E-state index in [-0.39, 0.29) is 17.3 Å². The second kappa shape index (κ2) is 7.16. The summed E-state index contributed by atoms with van der Waals surface area (Å²) in [7, 11) is 0. The summed E-state index contributed by atoms with van der Waals surface area (Å²) in [4.78, 5) is 15.0. The molecule has 0 unspecified atom stereocenters. The molecule has 2 aliphatic heterocycles. The number of rotatable bonds is 3. The number of nitrogens with zero attached hydrogens (tertiary/aromatic N) is 1. The topological polar surface area (TPSA) is 49.8 Å². The zero-order valence-electron chi connectivity index (χ0n) is 15.2. The normalized spacial score (nSPS) is 21.3. The lowest BCUT2D eigenvalue weighted by molar-refractivity contribution is 0.101. The number of phenolic OH excluding ortho intramolecular Hbond substituents is 1. The molecule has 0 aromatic heterocycles. The Morgan fingerprint density at radius 2 is 2.11 bits per heavy atom. The van der Waals surface area contributed by atoms with Crippen molar-refractivity contribution in [1.29, 1.82) is 0 Å². The van der Waals surface area contributed by atoms with Crippen LogP contribution in [-0.4, -0.2) is 28.9 Å². The Morgan fingerprint density at radius 3 is 2.89 bits per heavy atom. The lowest BCUT2D eigenvalue weighted by Gasteiger charge is -2.31. The van der Waals surface area contributed by atoms with Gasteiger partial charge in [0.1, 0.15) is 17.3 Å². The Bertz CT molecular complexity index is 922. The van der Waals surface area contributed by atoms with E-state index in [0.717, 1.165) is 19.5 Å². The number of Topliss-reactive ketones (excluding diaryl/α,β-unsaturated/α-hetero) is 1. The zero-order valence-corrected chi connectivity index (χ0v) is 15.2. The first-order valence-corrected chi connectivity index (χ1v) is 9.29. The molecule has 0 aliphatic carbocycles. The molecule has 0 radical (unpaired) electrons. The molecule has 2 aliphatic rings. The fraction of sp³-hybridized carbons (Fsp3) is 0.318. The van der Waals surface area contributed by atoms with E-state index in [1.807, 2.05) is 0 Å². The number of benzene rings is 2. The first-order chi connectivity index (χ1) is 13.0. The molecule has 0 saturated carbocycles. The van der Waals surface area contributed by atoms with Crippen molar-refractivity contribution in [3.63, 3.8) is 0 Å². The standard InChI is InChI=1S/C22H22FNO3/c1-14-5-4-10-24(12-14)13-17-19(25)9-8-16-21(26)20(27-22(16)17)11-15-6-2-3-7-18(15)23/h2-3,6-9,11,14,25H,4-5,10,12-13H2,1H3/b20-11-/t14-/m0/s1. The van der Waals surface area contributed by atoms with Crippen LogP contribution in [0.3, 0.4) is 0 Å². The highest BCUT2D eigenvalue weighted by Gasteiger charge is 2.32. The van der Waals surface area contributed by atoms with Crippen molar-refractivity contribution in [3.05, 3.63) is 64.7 Å². The molecule has 2 aromatic rings. The van der Waals surface area contributed by atoms with Crippen LogP contribution in [0.5, 0.6) is 11.5 Å². The molecule has 2 aromatic carbocycles. The van der Waals surface area contributed by atoms with Crippen LogP contribution in [0.2, 0.25) is 0 Å². The minimum absolute atomic E-state index is 0.0777. The maximum absolute atomic E-state index is 13.9. The van der Waals surface area contributed by atoms with Gasteiger partial charge in [-0.1, -0.05) is 25.1 Å². The lowest BCUT2D eigenvalue weighted by Crippen LogP contribution is -2.33. The molecular formula is C22H22FNO3. The number of likely N-dealkylation sites (tertiary alicyclic amines) is 1. The third-order valence-electron chi connectivity index (χ3n) is 5.23. The van der Waals surface area contributed by atoms with E-state index >= 15 is 0 Å². The molecule has 0 bridgehead atoms. The van der Waals surface area contributed by atoms with Gasteiger partial charge in [0.2, 0.25) is 5.78 Å². The van der Waals surface area contributed by atoms with Gasteiger partial charge in [0.05, 0.1) is 11.1 Å². The minimum Gasteiger partial charge on any atom is -0.507 e.